The van der Waals surface area contributed by atoms with E-state index < -0.39 is 6.04 Å². The van der Waals surface area contributed by atoms with E-state index in [1.807, 2.05) is 11.4 Å². The Morgan fingerprint density at radius 1 is 1.42 bits per heavy atom. The molecular weight excluding hydrogens is 346 g/mol. The average Bonchev–Trinajstić information content (AvgIpc) is 3.09. The summed E-state index contributed by atoms with van der Waals surface area (Å²) in [5.41, 5.74) is 0. The molecule has 1 atom stereocenters. The van der Waals surface area contributed by atoms with Gasteiger partial charge in [-0.05, 0) is 37.6 Å². The molecule has 1 aliphatic heterocycles. The van der Waals surface area contributed by atoms with Gasteiger partial charge in [0.05, 0.1) is 12.4 Å². The minimum absolute atomic E-state index is 0.0419. The third-order valence-corrected chi connectivity index (χ3v) is 5.75. The van der Waals surface area contributed by atoms with Crippen molar-refractivity contribution < 1.29 is 14.3 Å². The number of carbonyl (C=O) groups excluding carboxylic acids is 2. The second kappa shape index (κ2) is 7.94. The fraction of sp³-hybridized carbons (Fsp3) is 0.500. The first-order valence-corrected chi connectivity index (χ1v) is 9.84. The van der Waals surface area contributed by atoms with Gasteiger partial charge in [-0.1, -0.05) is 11.8 Å². The Hall–Kier alpha value is -1.67. The van der Waals surface area contributed by atoms with Crippen LogP contribution in [0.2, 0.25) is 0 Å². The van der Waals surface area contributed by atoms with Crippen LogP contribution < -0.4 is 0 Å². The van der Waals surface area contributed by atoms with E-state index in [9.17, 15) is 9.59 Å². The molecule has 0 bridgehead atoms. The third kappa shape index (κ3) is 3.70. The van der Waals surface area contributed by atoms with E-state index >= 15 is 0 Å². The molecule has 0 aromatic carbocycles. The Morgan fingerprint density at radius 3 is 3.12 bits per heavy atom. The second-order valence-corrected chi connectivity index (χ2v) is 7.32. The first-order valence-electron chi connectivity index (χ1n) is 7.97. The maximum absolute atomic E-state index is 12.6. The smallest absolute Gasteiger partial charge is 0.328 e. The van der Waals surface area contributed by atoms with Crippen LogP contribution in [0.15, 0.2) is 22.8 Å². The van der Waals surface area contributed by atoms with Gasteiger partial charge in [0, 0.05) is 11.9 Å². The molecule has 0 unspecified atom stereocenters. The fourth-order valence-electron chi connectivity index (χ4n) is 2.81. The van der Waals surface area contributed by atoms with Crippen LogP contribution >= 0.6 is 23.1 Å². The fourth-order valence-corrected chi connectivity index (χ4v) is 4.47. The quantitative estimate of drug-likeness (QED) is 0.461. The van der Waals surface area contributed by atoms with E-state index in [1.165, 1.54) is 18.1 Å². The molecule has 0 spiro atoms. The number of esters is 1. The molecule has 0 aliphatic carbocycles. The summed E-state index contributed by atoms with van der Waals surface area (Å²) in [4.78, 5) is 35.8. The van der Waals surface area contributed by atoms with Crippen molar-refractivity contribution in [1.82, 2.24) is 14.9 Å². The summed E-state index contributed by atoms with van der Waals surface area (Å²) in [6.45, 7) is 2.73. The summed E-state index contributed by atoms with van der Waals surface area (Å²) in [6, 6.07) is 1.52. The first kappa shape index (κ1) is 17.2. The van der Waals surface area contributed by atoms with Gasteiger partial charge in [0.15, 0.2) is 0 Å². The SMILES string of the molecule is CCOC(=O)[C@H]1CCCCN1C(=O)CSc1ncnc2sccc12. The average molecular weight is 365 g/mol. The monoisotopic (exact) mass is 365 g/mol. The number of hydrogen-bond acceptors (Lipinski definition) is 7. The topological polar surface area (TPSA) is 72.4 Å². The molecule has 3 rings (SSSR count). The predicted octanol–water partition coefficient (Wildman–Crippen LogP) is 2.73. The van der Waals surface area contributed by atoms with Gasteiger partial charge in [-0.25, -0.2) is 14.8 Å². The van der Waals surface area contributed by atoms with Crippen molar-refractivity contribution in [2.45, 2.75) is 37.3 Å². The number of fused-ring (bicyclic) bond motifs is 1. The molecule has 8 heteroatoms. The predicted molar refractivity (Wildman–Crippen MR) is 94.1 cm³/mol. The molecule has 2 aromatic heterocycles. The molecule has 2 aromatic rings. The molecule has 1 amide bonds. The van der Waals surface area contributed by atoms with Gasteiger partial charge in [0.1, 0.15) is 22.2 Å². The van der Waals surface area contributed by atoms with Gasteiger partial charge in [-0.2, -0.15) is 0 Å². The molecule has 128 valence electrons. The molecule has 24 heavy (non-hydrogen) atoms. The van der Waals surface area contributed by atoms with Crippen LogP contribution in [0.1, 0.15) is 26.2 Å². The van der Waals surface area contributed by atoms with E-state index in [4.69, 9.17) is 4.74 Å². The summed E-state index contributed by atoms with van der Waals surface area (Å²) < 4.78 is 5.11. The van der Waals surface area contributed by atoms with E-state index in [1.54, 1.807) is 23.2 Å². The van der Waals surface area contributed by atoms with Crippen LogP contribution in [0.4, 0.5) is 0 Å². The molecule has 1 saturated heterocycles. The number of hydrogen-bond donors (Lipinski definition) is 0. The van der Waals surface area contributed by atoms with Gasteiger partial charge >= 0.3 is 5.97 Å². The Labute approximate surface area is 148 Å². The lowest BCUT2D eigenvalue weighted by atomic mass is 10.0. The van der Waals surface area contributed by atoms with Crippen LogP contribution in [0.5, 0.6) is 0 Å². The number of ether oxygens (including phenoxy) is 1. The number of piperidine rings is 1. The molecular formula is C16H19N3O3S2. The lowest BCUT2D eigenvalue weighted by Gasteiger charge is -2.33. The zero-order chi connectivity index (χ0) is 16.9. The van der Waals surface area contributed by atoms with Crippen molar-refractivity contribution in [3.05, 3.63) is 17.8 Å². The summed E-state index contributed by atoms with van der Waals surface area (Å²) in [6.07, 6.45) is 4.07. The number of thiophene rings is 1. The second-order valence-electron chi connectivity index (χ2n) is 5.46. The molecule has 3 heterocycles. The van der Waals surface area contributed by atoms with Crippen molar-refractivity contribution in [1.29, 1.82) is 0 Å². The maximum Gasteiger partial charge on any atom is 0.328 e. The van der Waals surface area contributed by atoms with Crippen molar-refractivity contribution >= 4 is 45.2 Å². The molecule has 1 fully saturated rings. The Bertz CT molecular complexity index is 734. The highest BCUT2D eigenvalue weighted by molar-refractivity contribution is 8.00. The van der Waals surface area contributed by atoms with Crippen LogP contribution in [-0.2, 0) is 14.3 Å². The van der Waals surface area contributed by atoms with Crippen molar-refractivity contribution in [3.63, 3.8) is 0 Å². The van der Waals surface area contributed by atoms with Gasteiger partial charge < -0.3 is 9.64 Å². The molecule has 1 aliphatic rings. The third-order valence-electron chi connectivity index (χ3n) is 3.94. The van der Waals surface area contributed by atoms with Gasteiger partial charge in [0.2, 0.25) is 5.91 Å². The highest BCUT2D eigenvalue weighted by Gasteiger charge is 2.33. The zero-order valence-corrected chi connectivity index (χ0v) is 15.1. The minimum atomic E-state index is -0.446. The number of aromatic nitrogens is 2. The summed E-state index contributed by atoms with van der Waals surface area (Å²) >= 11 is 2.95. The summed E-state index contributed by atoms with van der Waals surface area (Å²) in [7, 11) is 0. The molecule has 0 saturated carbocycles. The van der Waals surface area contributed by atoms with Crippen molar-refractivity contribution in [2.24, 2.45) is 0 Å². The lowest BCUT2D eigenvalue weighted by molar-refractivity contribution is -0.155. The summed E-state index contributed by atoms with van der Waals surface area (Å²) in [5, 5.41) is 3.74. The van der Waals surface area contributed by atoms with Crippen LogP contribution in [0.25, 0.3) is 10.2 Å². The van der Waals surface area contributed by atoms with Gasteiger partial charge in [-0.15, -0.1) is 11.3 Å². The van der Waals surface area contributed by atoms with Gasteiger partial charge in [-0.3, -0.25) is 4.79 Å². The molecule has 0 radical (unpaired) electrons. The Morgan fingerprint density at radius 2 is 2.29 bits per heavy atom. The molecule has 0 N–H and O–H groups in total. The van der Waals surface area contributed by atoms with E-state index in [2.05, 4.69) is 9.97 Å². The highest BCUT2D eigenvalue weighted by Crippen LogP contribution is 2.28. The van der Waals surface area contributed by atoms with E-state index in [0.29, 0.717) is 19.6 Å². The largest absolute Gasteiger partial charge is 0.464 e. The minimum Gasteiger partial charge on any atom is -0.464 e. The van der Waals surface area contributed by atoms with Crippen LogP contribution in [-0.4, -0.2) is 51.7 Å². The van der Waals surface area contributed by atoms with E-state index in [0.717, 1.165) is 28.1 Å². The molecule has 6 nitrogen and oxygen atoms in total. The maximum atomic E-state index is 12.6. The summed E-state index contributed by atoms with van der Waals surface area (Å²) in [5.74, 6) is -0.0738. The zero-order valence-electron chi connectivity index (χ0n) is 13.4. The Balaban J connectivity index is 1.67. The number of rotatable bonds is 5. The van der Waals surface area contributed by atoms with Crippen LogP contribution in [0, 0.1) is 0 Å². The standard InChI is InChI=1S/C16H19N3O3S2/c1-2-22-16(21)12-5-3-4-7-19(12)13(20)9-24-15-11-6-8-23-14(11)17-10-18-15/h6,8,10,12H,2-5,7,9H2,1H3/t12-/m1/s1. The highest BCUT2D eigenvalue weighted by atomic mass is 32.2. The lowest BCUT2D eigenvalue weighted by Crippen LogP contribution is -2.49. The number of thioether (sulfide) groups is 1. The van der Waals surface area contributed by atoms with Crippen LogP contribution in [0.3, 0.4) is 0 Å². The number of likely N-dealkylation sites (tertiary alicyclic amines) is 1. The number of amides is 1. The number of carbonyl (C=O) groups is 2. The van der Waals surface area contributed by atoms with Gasteiger partial charge in [0.25, 0.3) is 0 Å². The van der Waals surface area contributed by atoms with E-state index in [-0.39, 0.29) is 17.6 Å². The first-order chi connectivity index (χ1) is 11.7. The van der Waals surface area contributed by atoms with Crippen molar-refractivity contribution in [2.75, 3.05) is 18.9 Å². The number of nitrogens with zero attached hydrogens (tertiary/aromatic N) is 3. The van der Waals surface area contributed by atoms with Crippen molar-refractivity contribution in [3.8, 4) is 0 Å². The Kier molecular flexibility index (Phi) is 5.68. The normalized spacial score (nSPS) is 17.9.